The van der Waals surface area contributed by atoms with Crippen molar-refractivity contribution in [3.8, 4) is 0 Å². The maximum Gasteiger partial charge on any atom is 0.417 e. The van der Waals surface area contributed by atoms with Crippen LogP contribution in [0.4, 0.5) is 30.4 Å². The zero-order valence-corrected chi connectivity index (χ0v) is 14.5. The minimum atomic E-state index is -4.54. The van der Waals surface area contributed by atoms with E-state index in [1.54, 1.807) is 29.6 Å². The van der Waals surface area contributed by atoms with Crippen molar-refractivity contribution in [1.29, 1.82) is 0 Å². The third kappa shape index (κ3) is 4.33. The molecule has 1 amide bonds. The smallest absolute Gasteiger partial charge is 0.340 e. The number of carbonyl (C=O) groups excluding carboxylic acids is 1. The van der Waals surface area contributed by atoms with E-state index in [1.165, 1.54) is 29.7 Å². The summed E-state index contributed by atoms with van der Waals surface area (Å²) in [6.45, 7) is 0. The van der Waals surface area contributed by atoms with E-state index in [2.05, 4.69) is 15.6 Å². The Labute approximate surface area is 155 Å². The van der Waals surface area contributed by atoms with Gasteiger partial charge in [0.25, 0.3) is 5.91 Å². The average molecular weight is 398 g/mol. The number of benzene rings is 1. The number of rotatable bonds is 4. The molecular formula is C17H11ClF3N3OS. The highest BCUT2D eigenvalue weighted by Gasteiger charge is 2.33. The maximum absolute atomic E-state index is 12.9. The molecule has 9 heteroatoms. The highest BCUT2D eigenvalue weighted by Crippen LogP contribution is 2.36. The first kappa shape index (κ1) is 18.2. The Morgan fingerprint density at radius 2 is 1.88 bits per heavy atom. The molecule has 0 unspecified atom stereocenters. The molecule has 3 aromatic rings. The summed E-state index contributed by atoms with van der Waals surface area (Å²) in [7, 11) is 0. The fourth-order valence-electron chi connectivity index (χ4n) is 2.11. The van der Waals surface area contributed by atoms with Gasteiger partial charge in [-0.25, -0.2) is 4.98 Å². The second-order valence-electron chi connectivity index (χ2n) is 5.18. The largest absolute Gasteiger partial charge is 0.417 e. The lowest BCUT2D eigenvalue weighted by molar-refractivity contribution is -0.137. The summed E-state index contributed by atoms with van der Waals surface area (Å²) < 4.78 is 38.7. The SMILES string of the molecule is O=C(Nc1ccc(Nc2ccc(Cl)c(C(F)(F)F)c2)nc1)c1cccs1. The number of carbonyl (C=O) groups is 1. The van der Waals surface area contributed by atoms with Crippen LogP contribution in [0.15, 0.2) is 54.0 Å². The molecule has 3 rings (SSSR count). The van der Waals surface area contributed by atoms with Crippen molar-refractivity contribution in [3.05, 3.63) is 69.5 Å². The first-order valence-electron chi connectivity index (χ1n) is 7.27. The van der Waals surface area contributed by atoms with Crippen LogP contribution in [0.5, 0.6) is 0 Å². The number of amides is 1. The molecule has 0 saturated heterocycles. The molecule has 2 heterocycles. The summed E-state index contributed by atoms with van der Waals surface area (Å²) in [5.74, 6) is 0.0737. The molecule has 0 fully saturated rings. The van der Waals surface area contributed by atoms with Crippen LogP contribution in [0.1, 0.15) is 15.2 Å². The molecule has 0 aliphatic carbocycles. The first-order chi connectivity index (χ1) is 12.3. The molecule has 0 bridgehead atoms. The molecule has 1 aromatic carbocycles. The Morgan fingerprint density at radius 1 is 1.12 bits per heavy atom. The van der Waals surface area contributed by atoms with E-state index >= 15 is 0 Å². The highest BCUT2D eigenvalue weighted by molar-refractivity contribution is 7.12. The summed E-state index contributed by atoms with van der Waals surface area (Å²) in [5.41, 5.74) is -0.255. The Morgan fingerprint density at radius 3 is 2.50 bits per heavy atom. The molecule has 0 aliphatic heterocycles. The van der Waals surface area contributed by atoms with Gasteiger partial charge in [0.15, 0.2) is 0 Å². The molecule has 2 N–H and O–H groups in total. The van der Waals surface area contributed by atoms with Gasteiger partial charge in [-0.1, -0.05) is 17.7 Å². The van der Waals surface area contributed by atoms with Crippen molar-refractivity contribution >= 4 is 46.0 Å². The summed E-state index contributed by atoms with van der Waals surface area (Å²) in [5, 5.41) is 6.88. The van der Waals surface area contributed by atoms with Gasteiger partial charge in [-0.2, -0.15) is 13.2 Å². The lowest BCUT2D eigenvalue weighted by atomic mass is 10.2. The molecule has 134 valence electrons. The maximum atomic E-state index is 12.9. The number of alkyl halides is 3. The van der Waals surface area contributed by atoms with Gasteiger partial charge in [0.2, 0.25) is 0 Å². The van der Waals surface area contributed by atoms with E-state index in [9.17, 15) is 18.0 Å². The molecule has 4 nitrogen and oxygen atoms in total. The van der Waals surface area contributed by atoms with E-state index in [1.807, 2.05) is 0 Å². The molecule has 0 saturated carbocycles. The lowest BCUT2D eigenvalue weighted by Crippen LogP contribution is -2.10. The molecular weight excluding hydrogens is 387 g/mol. The van der Waals surface area contributed by atoms with Crippen molar-refractivity contribution in [2.75, 3.05) is 10.6 Å². The van der Waals surface area contributed by atoms with Crippen molar-refractivity contribution in [2.24, 2.45) is 0 Å². The fraction of sp³-hybridized carbons (Fsp3) is 0.0588. The van der Waals surface area contributed by atoms with Gasteiger partial charge >= 0.3 is 6.18 Å². The van der Waals surface area contributed by atoms with Crippen LogP contribution < -0.4 is 10.6 Å². The van der Waals surface area contributed by atoms with E-state index in [0.717, 1.165) is 6.07 Å². The van der Waals surface area contributed by atoms with Gasteiger partial charge in [0.05, 0.1) is 27.3 Å². The van der Waals surface area contributed by atoms with Gasteiger partial charge in [-0.3, -0.25) is 4.79 Å². The van der Waals surface area contributed by atoms with Crippen molar-refractivity contribution in [3.63, 3.8) is 0 Å². The summed E-state index contributed by atoms with van der Waals surface area (Å²) in [4.78, 5) is 16.6. The van der Waals surface area contributed by atoms with Gasteiger partial charge < -0.3 is 10.6 Å². The van der Waals surface area contributed by atoms with Crippen molar-refractivity contribution in [2.45, 2.75) is 6.18 Å². The van der Waals surface area contributed by atoms with E-state index in [-0.39, 0.29) is 16.6 Å². The topological polar surface area (TPSA) is 54.0 Å². The van der Waals surface area contributed by atoms with Crippen molar-refractivity contribution < 1.29 is 18.0 Å². The summed E-state index contributed by atoms with van der Waals surface area (Å²) in [6, 6.07) is 10.1. The molecule has 0 aliphatic rings. The average Bonchev–Trinajstić information content (AvgIpc) is 3.12. The Kier molecular flexibility index (Phi) is 5.15. The quantitative estimate of drug-likeness (QED) is 0.584. The van der Waals surface area contributed by atoms with Crippen LogP contribution in [0, 0.1) is 0 Å². The zero-order valence-electron chi connectivity index (χ0n) is 13.0. The Balaban J connectivity index is 1.71. The van der Waals surface area contributed by atoms with Crippen LogP contribution in [0.25, 0.3) is 0 Å². The number of pyridine rings is 1. The van der Waals surface area contributed by atoms with Gasteiger partial charge in [0.1, 0.15) is 5.82 Å². The standard InChI is InChI=1S/C17H11ClF3N3OS/c18-13-5-3-10(8-12(13)17(19,20)21)23-15-6-4-11(9-22-15)24-16(25)14-2-1-7-26-14/h1-9H,(H,22,23)(H,24,25). The number of nitrogens with one attached hydrogen (secondary N) is 2. The summed E-state index contributed by atoms with van der Waals surface area (Å²) in [6.07, 6.45) is -3.13. The number of hydrogen-bond donors (Lipinski definition) is 2. The van der Waals surface area contributed by atoms with Gasteiger partial charge in [-0.05, 0) is 41.8 Å². The third-order valence-electron chi connectivity index (χ3n) is 3.31. The van der Waals surface area contributed by atoms with Crippen LogP contribution in [0.2, 0.25) is 5.02 Å². The Hall–Kier alpha value is -2.58. The molecule has 0 spiro atoms. The molecule has 2 aromatic heterocycles. The van der Waals surface area contributed by atoms with Gasteiger partial charge in [0, 0.05) is 5.69 Å². The second kappa shape index (κ2) is 7.35. The number of hydrogen-bond acceptors (Lipinski definition) is 4. The number of thiophene rings is 1. The predicted molar refractivity (Wildman–Crippen MR) is 96.2 cm³/mol. The fourth-order valence-corrected chi connectivity index (χ4v) is 2.95. The molecule has 0 atom stereocenters. The Bertz CT molecular complexity index is 912. The normalized spacial score (nSPS) is 11.2. The highest BCUT2D eigenvalue weighted by atomic mass is 35.5. The zero-order chi connectivity index (χ0) is 18.7. The van der Waals surface area contributed by atoms with Crippen LogP contribution in [-0.2, 0) is 6.18 Å². The minimum Gasteiger partial charge on any atom is -0.340 e. The van der Waals surface area contributed by atoms with Crippen LogP contribution >= 0.6 is 22.9 Å². The minimum absolute atomic E-state index is 0.199. The number of anilines is 3. The monoisotopic (exact) mass is 397 g/mol. The van der Waals surface area contributed by atoms with Crippen LogP contribution in [-0.4, -0.2) is 10.9 Å². The predicted octanol–water partition coefficient (Wildman–Crippen LogP) is 5.81. The summed E-state index contributed by atoms with van der Waals surface area (Å²) >= 11 is 6.90. The molecule has 26 heavy (non-hydrogen) atoms. The third-order valence-corrected chi connectivity index (χ3v) is 4.51. The first-order valence-corrected chi connectivity index (χ1v) is 8.53. The lowest BCUT2D eigenvalue weighted by Gasteiger charge is -2.12. The second-order valence-corrected chi connectivity index (χ2v) is 6.54. The van der Waals surface area contributed by atoms with E-state index in [4.69, 9.17) is 11.6 Å². The van der Waals surface area contributed by atoms with Crippen molar-refractivity contribution in [1.82, 2.24) is 4.98 Å². The van der Waals surface area contributed by atoms with E-state index < -0.39 is 11.7 Å². The van der Waals surface area contributed by atoms with Crippen LogP contribution in [0.3, 0.4) is 0 Å². The van der Waals surface area contributed by atoms with Gasteiger partial charge in [-0.15, -0.1) is 11.3 Å². The number of halogens is 4. The van der Waals surface area contributed by atoms with E-state index in [0.29, 0.717) is 16.4 Å². The molecule has 0 radical (unpaired) electrons. The number of nitrogens with zero attached hydrogens (tertiary/aromatic N) is 1. The number of aromatic nitrogens is 1.